The molecule has 2 fully saturated rings. The SMILES string of the molecule is CCNCC1(CN2CCCC(CC)CC2)CCC(C)CC1. The van der Waals surface area contributed by atoms with E-state index in [-0.39, 0.29) is 0 Å². The first-order valence-corrected chi connectivity index (χ1v) is 9.60. The van der Waals surface area contributed by atoms with E-state index >= 15 is 0 Å². The van der Waals surface area contributed by atoms with Crippen molar-refractivity contribution >= 4 is 0 Å². The summed E-state index contributed by atoms with van der Waals surface area (Å²) in [6.45, 7) is 13.5. The van der Waals surface area contributed by atoms with Crippen LogP contribution in [0.3, 0.4) is 0 Å². The van der Waals surface area contributed by atoms with Gasteiger partial charge in [-0.05, 0) is 69.0 Å². The molecule has 1 N–H and O–H groups in total. The molecule has 1 unspecified atom stereocenters. The maximum absolute atomic E-state index is 3.67. The molecular formula is C19H38N2. The van der Waals surface area contributed by atoms with E-state index < -0.39 is 0 Å². The molecule has 0 aromatic heterocycles. The third-order valence-corrected chi connectivity index (χ3v) is 6.16. The van der Waals surface area contributed by atoms with Crippen LogP contribution in [0.1, 0.15) is 72.1 Å². The maximum atomic E-state index is 3.67. The van der Waals surface area contributed by atoms with E-state index in [9.17, 15) is 0 Å². The Hall–Kier alpha value is -0.0800. The lowest BCUT2D eigenvalue weighted by Gasteiger charge is -2.43. The van der Waals surface area contributed by atoms with Gasteiger partial charge in [0.15, 0.2) is 0 Å². The summed E-state index contributed by atoms with van der Waals surface area (Å²) in [6, 6.07) is 0. The van der Waals surface area contributed by atoms with E-state index in [0.717, 1.165) is 18.4 Å². The average molecular weight is 295 g/mol. The number of hydrogen-bond acceptors (Lipinski definition) is 2. The van der Waals surface area contributed by atoms with E-state index in [1.807, 2.05) is 0 Å². The minimum atomic E-state index is 0.564. The molecule has 21 heavy (non-hydrogen) atoms. The predicted molar refractivity (Wildman–Crippen MR) is 92.7 cm³/mol. The summed E-state index contributed by atoms with van der Waals surface area (Å²) in [5.41, 5.74) is 0.564. The van der Waals surface area contributed by atoms with Crippen LogP contribution in [0.4, 0.5) is 0 Å². The molecule has 1 aliphatic heterocycles. The van der Waals surface area contributed by atoms with Crippen molar-refractivity contribution in [1.82, 2.24) is 10.2 Å². The summed E-state index contributed by atoms with van der Waals surface area (Å²) >= 11 is 0. The Morgan fingerprint density at radius 3 is 2.48 bits per heavy atom. The quantitative estimate of drug-likeness (QED) is 0.785. The Bertz CT molecular complexity index is 276. The van der Waals surface area contributed by atoms with Crippen molar-refractivity contribution in [2.45, 2.75) is 72.1 Å². The molecule has 1 saturated carbocycles. The molecule has 1 aliphatic carbocycles. The lowest BCUT2D eigenvalue weighted by atomic mass is 9.70. The van der Waals surface area contributed by atoms with E-state index in [1.165, 1.54) is 77.5 Å². The largest absolute Gasteiger partial charge is 0.316 e. The van der Waals surface area contributed by atoms with Crippen LogP contribution in [0.5, 0.6) is 0 Å². The van der Waals surface area contributed by atoms with Gasteiger partial charge in [-0.25, -0.2) is 0 Å². The highest BCUT2D eigenvalue weighted by atomic mass is 15.1. The van der Waals surface area contributed by atoms with E-state index in [4.69, 9.17) is 0 Å². The molecule has 2 aliphatic rings. The van der Waals surface area contributed by atoms with Crippen LogP contribution in [-0.2, 0) is 0 Å². The van der Waals surface area contributed by atoms with Crippen molar-refractivity contribution in [3.05, 3.63) is 0 Å². The monoisotopic (exact) mass is 294 g/mol. The van der Waals surface area contributed by atoms with Crippen molar-refractivity contribution in [1.29, 1.82) is 0 Å². The average Bonchev–Trinajstić information content (AvgIpc) is 2.73. The minimum absolute atomic E-state index is 0.564. The summed E-state index contributed by atoms with van der Waals surface area (Å²) in [5.74, 6) is 1.94. The fourth-order valence-electron chi connectivity index (χ4n) is 4.42. The van der Waals surface area contributed by atoms with Crippen molar-refractivity contribution in [2.75, 3.05) is 32.7 Å². The van der Waals surface area contributed by atoms with Crippen LogP contribution < -0.4 is 5.32 Å². The first kappa shape index (κ1) is 17.3. The van der Waals surface area contributed by atoms with Crippen LogP contribution in [0, 0.1) is 17.3 Å². The Balaban J connectivity index is 1.91. The van der Waals surface area contributed by atoms with Gasteiger partial charge in [-0.1, -0.05) is 40.0 Å². The second-order valence-electron chi connectivity index (χ2n) is 7.94. The van der Waals surface area contributed by atoms with Gasteiger partial charge in [0.1, 0.15) is 0 Å². The fraction of sp³-hybridized carbons (Fsp3) is 1.00. The first-order valence-electron chi connectivity index (χ1n) is 9.60. The molecule has 0 amide bonds. The van der Waals surface area contributed by atoms with Crippen LogP contribution in [-0.4, -0.2) is 37.6 Å². The molecule has 0 spiro atoms. The van der Waals surface area contributed by atoms with Crippen LogP contribution in [0.25, 0.3) is 0 Å². The maximum Gasteiger partial charge on any atom is 0.00501 e. The Labute approximate surface area is 133 Å². The van der Waals surface area contributed by atoms with Gasteiger partial charge in [-0.2, -0.15) is 0 Å². The highest BCUT2D eigenvalue weighted by Gasteiger charge is 2.35. The minimum Gasteiger partial charge on any atom is -0.316 e. The summed E-state index contributed by atoms with van der Waals surface area (Å²) in [7, 11) is 0. The van der Waals surface area contributed by atoms with Crippen molar-refractivity contribution in [3.8, 4) is 0 Å². The molecular weight excluding hydrogens is 256 g/mol. The zero-order valence-corrected chi connectivity index (χ0v) is 14.8. The van der Waals surface area contributed by atoms with Crippen molar-refractivity contribution < 1.29 is 0 Å². The molecule has 0 aromatic carbocycles. The van der Waals surface area contributed by atoms with Crippen molar-refractivity contribution in [3.63, 3.8) is 0 Å². The normalized spacial score (nSPS) is 35.6. The predicted octanol–water partition coefficient (Wildman–Crippen LogP) is 4.30. The number of rotatable bonds is 6. The Kier molecular flexibility index (Phi) is 7.01. The molecule has 0 radical (unpaired) electrons. The molecule has 124 valence electrons. The lowest BCUT2D eigenvalue weighted by Crippen LogP contribution is -2.46. The van der Waals surface area contributed by atoms with Gasteiger partial charge in [0.05, 0.1) is 0 Å². The summed E-state index contributed by atoms with van der Waals surface area (Å²) in [4.78, 5) is 2.81. The molecule has 1 saturated heterocycles. The van der Waals surface area contributed by atoms with E-state index in [2.05, 4.69) is 31.0 Å². The third kappa shape index (κ3) is 5.25. The summed E-state index contributed by atoms with van der Waals surface area (Å²) in [6.07, 6.45) is 11.5. The fourth-order valence-corrected chi connectivity index (χ4v) is 4.42. The standard InChI is InChI=1S/C19H38N2/c1-4-18-7-6-13-21(14-10-18)16-19(15-20-5-2)11-8-17(3)9-12-19/h17-18,20H,4-16H2,1-3H3. The number of nitrogens with one attached hydrogen (secondary N) is 1. The summed E-state index contributed by atoms with van der Waals surface area (Å²) < 4.78 is 0. The molecule has 2 nitrogen and oxygen atoms in total. The zero-order valence-electron chi connectivity index (χ0n) is 14.8. The molecule has 2 heteroatoms. The molecule has 0 bridgehead atoms. The second-order valence-corrected chi connectivity index (χ2v) is 7.94. The van der Waals surface area contributed by atoms with Gasteiger partial charge in [-0.15, -0.1) is 0 Å². The molecule has 2 rings (SSSR count). The van der Waals surface area contributed by atoms with Gasteiger partial charge >= 0.3 is 0 Å². The smallest absolute Gasteiger partial charge is 0.00501 e. The first-order chi connectivity index (χ1) is 10.2. The van der Waals surface area contributed by atoms with Crippen LogP contribution in [0.2, 0.25) is 0 Å². The zero-order chi connectivity index (χ0) is 15.1. The third-order valence-electron chi connectivity index (χ3n) is 6.16. The number of nitrogens with zero attached hydrogens (tertiary/aromatic N) is 1. The van der Waals surface area contributed by atoms with E-state index in [1.54, 1.807) is 0 Å². The van der Waals surface area contributed by atoms with Crippen molar-refractivity contribution in [2.24, 2.45) is 17.3 Å². The molecule has 0 aromatic rings. The second kappa shape index (κ2) is 8.53. The van der Waals surface area contributed by atoms with Crippen LogP contribution in [0.15, 0.2) is 0 Å². The van der Waals surface area contributed by atoms with Gasteiger partial charge in [0.25, 0.3) is 0 Å². The Morgan fingerprint density at radius 1 is 1.05 bits per heavy atom. The van der Waals surface area contributed by atoms with Gasteiger partial charge in [0, 0.05) is 13.1 Å². The molecule has 1 atom stereocenters. The molecule has 1 heterocycles. The lowest BCUT2D eigenvalue weighted by molar-refractivity contribution is 0.0879. The summed E-state index contributed by atoms with van der Waals surface area (Å²) in [5, 5.41) is 3.67. The number of hydrogen-bond donors (Lipinski definition) is 1. The van der Waals surface area contributed by atoms with Crippen LogP contribution >= 0.6 is 0 Å². The Morgan fingerprint density at radius 2 is 1.81 bits per heavy atom. The van der Waals surface area contributed by atoms with Gasteiger partial charge < -0.3 is 10.2 Å². The van der Waals surface area contributed by atoms with Gasteiger partial charge in [-0.3, -0.25) is 0 Å². The number of likely N-dealkylation sites (tertiary alicyclic amines) is 1. The highest BCUT2D eigenvalue weighted by Crippen LogP contribution is 2.39. The van der Waals surface area contributed by atoms with Gasteiger partial charge in [0.2, 0.25) is 0 Å². The van der Waals surface area contributed by atoms with E-state index in [0.29, 0.717) is 5.41 Å². The topological polar surface area (TPSA) is 15.3 Å². The highest BCUT2D eigenvalue weighted by molar-refractivity contribution is 4.90.